The largest absolute Gasteiger partial charge is 0.370 e. The van der Waals surface area contributed by atoms with Crippen molar-refractivity contribution in [3.05, 3.63) is 70.8 Å². The number of hydrogen-bond acceptors (Lipinski definition) is 6. The highest BCUT2D eigenvalue weighted by Gasteiger charge is 2.58. The predicted molar refractivity (Wildman–Crippen MR) is 132 cm³/mol. The van der Waals surface area contributed by atoms with Crippen molar-refractivity contribution in [2.24, 2.45) is 5.92 Å². The van der Waals surface area contributed by atoms with E-state index in [-0.39, 0.29) is 37.5 Å². The third-order valence-electron chi connectivity index (χ3n) is 7.42. The van der Waals surface area contributed by atoms with Crippen LogP contribution in [-0.2, 0) is 37.0 Å². The standard InChI is InChI=1S/C29H32F2N2O5/c1-28(2)37-25-13-29(27(34)33-15-18-7-8-18,36-17-20-6-4-3-5-19(20)14-32)12-24(26(25)38-28)35-16-21-9-10-22(30)11-23(21)31/h3-6,9-11,18,24-26H,7-8,12-13,15-17H2,1-2H3,(H,33,34)/t24-,25+,26-,29+/m0/s1. The summed E-state index contributed by atoms with van der Waals surface area (Å²) < 4.78 is 52.7. The predicted octanol–water partition coefficient (Wildman–Crippen LogP) is 4.52. The summed E-state index contributed by atoms with van der Waals surface area (Å²) in [4.78, 5) is 13.7. The van der Waals surface area contributed by atoms with E-state index in [9.17, 15) is 18.8 Å². The van der Waals surface area contributed by atoms with Gasteiger partial charge in [0.15, 0.2) is 11.4 Å². The van der Waals surface area contributed by atoms with Gasteiger partial charge in [0.25, 0.3) is 5.91 Å². The van der Waals surface area contributed by atoms with E-state index in [1.165, 1.54) is 12.1 Å². The monoisotopic (exact) mass is 526 g/mol. The molecule has 202 valence electrons. The Balaban J connectivity index is 1.42. The normalized spacial score (nSPS) is 27.9. The molecule has 0 aromatic heterocycles. The molecule has 1 amide bonds. The molecule has 3 aliphatic rings. The Kier molecular flexibility index (Phi) is 7.51. The van der Waals surface area contributed by atoms with Crippen molar-refractivity contribution in [1.82, 2.24) is 5.32 Å². The molecule has 0 radical (unpaired) electrons. The first kappa shape index (κ1) is 26.7. The first-order valence-corrected chi connectivity index (χ1v) is 13.0. The molecule has 1 aliphatic heterocycles. The highest BCUT2D eigenvalue weighted by Crippen LogP contribution is 2.44. The van der Waals surface area contributed by atoms with Crippen LogP contribution in [0.3, 0.4) is 0 Å². The minimum absolute atomic E-state index is 0.0432. The minimum atomic E-state index is -1.32. The van der Waals surface area contributed by atoms with E-state index in [2.05, 4.69) is 11.4 Å². The van der Waals surface area contributed by atoms with E-state index < -0.39 is 41.3 Å². The van der Waals surface area contributed by atoms with E-state index in [4.69, 9.17) is 18.9 Å². The molecule has 2 aromatic carbocycles. The van der Waals surface area contributed by atoms with Crippen LogP contribution in [0.2, 0.25) is 0 Å². The molecule has 2 saturated carbocycles. The molecule has 3 fully saturated rings. The highest BCUT2D eigenvalue weighted by molar-refractivity contribution is 5.85. The van der Waals surface area contributed by atoms with Crippen LogP contribution in [0, 0.1) is 28.9 Å². The zero-order chi connectivity index (χ0) is 26.9. The average molecular weight is 527 g/mol. The number of ether oxygens (including phenoxy) is 4. The van der Waals surface area contributed by atoms with Gasteiger partial charge in [-0.3, -0.25) is 4.79 Å². The molecular formula is C29H32F2N2O5. The van der Waals surface area contributed by atoms with Gasteiger partial charge in [0, 0.05) is 31.0 Å². The molecule has 7 nitrogen and oxygen atoms in total. The van der Waals surface area contributed by atoms with Crippen molar-refractivity contribution in [2.45, 2.75) is 82.4 Å². The zero-order valence-corrected chi connectivity index (χ0v) is 21.5. The van der Waals surface area contributed by atoms with Crippen LogP contribution >= 0.6 is 0 Å². The fourth-order valence-corrected chi connectivity index (χ4v) is 5.23. The molecule has 4 atom stereocenters. The minimum Gasteiger partial charge on any atom is -0.370 e. The number of fused-ring (bicyclic) bond motifs is 1. The molecule has 2 aromatic rings. The molecule has 9 heteroatoms. The van der Waals surface area contributed by atoms with Gasteiger partial charge in [-0.1, -0.05) is 24.3 Å². The van der Waals surface area contributed by atoms with Gasteiger partial charge in [0.2, 0.25) is 0 Å². The lowest BCUT2D eigenvalue weighted by Crippen LogP contribution is -2.60. The fraction of sp³-hybridized carbons (Fsp3) is 0.517. The fourth-order valence-electron chi connectivity index (χ4n) is 5.23. The van der Waals surface area contributed by atoms with E-state index in [0.29, 0.717) is 23.6 Å². The molecule has 0 bridgehead atoms. The zero-order valence-electron chi connectivity index (χ0n) is 21.5. The van der Waals surface area contributed by atoms with E-state index in [1.54, 1.807) is 32.0 Å². The smallest absolute Gasteiger partial charge is 0.252 e. The van der Waals surface area contributed by atoms with Crippen LogP contribution in [-0.4, -0.2) is 42.2 Å². The highest BCUT2D eigenvalue weighted by atomic mass is 19.1. The van der Waals surface area contributed by atoms with Gasteiger partial charge in [-0.05, 0) is 50.3 Å². The van der Waals surface area contributed by atoms with Crippen molar-refractivity contribution in [3.63, 3.8) is 0 Å². The van der Waals surface area contributed by atoms with Crippen molar-refractivity contribution in [3.8, 4) is 6.07 Å². The lowest BCUT2D eigenvalue weighted by molar-refractivity contribution is -0.183. The number of nitriles is 1. The van der Waals surface area contributed by atoms with Crippen LogP contribution < -0.4 is 5.32 Å². The van der Waals surface area contributed by atoms with Gasteiger partial charge < -0.3 is 24.3 Å². The Morgan fingerprint density at radius 3 is 2.63 bits per heavy atom. The number of halogens is 2. The molecular weight excluding hydrogens is 494 g/mol. The second kappa shape index (κ2) is 10.7. The van der Waals surface area contributed by atoms with Crippen LogP contribution in [0.4, 0.5) is 8.78 Å². The Morgan fingerprint density at radius 2 is 1.89 bits per heavy atom. The number of carbonyl (C=O) groups excluding carboxylic acids is 1. The number of nitrogens with one attached hydrogen (secondary N) is 1. The summed E-state index contributed by atoms with van der Waals surface area (Å²) in [5.74, 6) is -2.10. The Bertz CT molecular complexity index is 1230. The summed E-state index contributed by atoms with van der Waals surface area (Å²) in [7, 11) is 0. The summed E-state index contributed by atoms with van der Waals surface area (Å²) in [6.07, 6.45) is 0.840. The topological polar surface area (TPSA) is 89.8 Å². The number of rotatable bonds is 9. The van der Waals surface area contributed by atoms with Gasteiger partial charge in [0.05, 0.1) is 37.1 Å². The van der Waals surface area contributed by atoms with Crippen molar-refractivity contribution in [1.29, 1.82) is 5.26 Å². The number of nitrogens with zero attached hydrogens (tertiary/aromatic N) is 1. The molecule has 1 saturated heterocycles. The lowest BCUT2D eigenvalue weighted by atomic mass is 9.78. The SMILES string of the molecule is CC1(C)O[C@H]2[C@@H](OCc3ccc(F)cc3F)C[C@](OCc3ccccc3C#N)(C(=O)NCC3CC3)C[C@H]2O1. The molecule has 38 heavy (non-hydrogen) atoms. The molecule has 0 spiro atoms. The number of benzene rings is 2. The van der Waals surface area contributed by atoms with E-state index in [0.717, 1.165) is 18.9 Å². The van der Waals surface area contributed by atoms with Crippen LogP contribution in [0.5, 0.6) is 0 Å². The van der Waals surface area contributed by atoms with Gasteiger partial charge in [-0.2, -0.15) is 5.26 Å². The maximum atomic E-state index is 14.3. The second-order valence-electron chi connectivity index (χ2n) is 10.8. The molecule has 1 N–H and O–H groups in total. The number of amides is 1. The molecule has 5 rings (SSSR count). The molecule has 2 aliphatic carbocycles. The summed E-state index contributed by atoms with van der Waals surface area (Å²) >= 11 is 0. The lowest BCUT2D eigenvalue weighted by Gasteiger charge is -2.43. The molecule has 1 heterocycles. The maximum absolute atomic E-state index is 14.3. The van der Waals surface area contributed by atoms with Crippen LogP contribution in [0.15, 0.2) is 42.5 Å². The van der Waals surface area contributed by atoms with Crippen molar-refractivity contribution in [2.75, 3.05) is 6.54 Å². The summed E-state index contributed by atoms with van der Waals surface area (Å²) in [6.45, 7) is 4.05. The summed E-state index contributed by atoms with van der Waals surface area (Å²) in [5, 5.41) is 12.6. The number of hydrogen-bond donors (Lipinski definition) is 1. The van der Waals surface area contributed by atoms with Crippen molar-refractivity contribution >= 4 is 5.91 Å². The Hall–Kier alpha value is -2.90. The van der Waals surface area contributed by atoms with E-state index >= 15 is 0 Å². The van der Waals surface area contributed by atoms with Crippen LogP contribution in [0.25, 0.3) is 0 Å². The third-order valence-corrected chi connectivity index (χ3v) is 7.42. The van der Waals surface area contributed by atoms with E-state index in [1.807, 2.05) is 6.07 Å². The summed E-state index contributed by atoms with van der Waals surface area (Å²) in [6, 6.07) is 12.6. The average Bonchev–Trinajstić information content (AvgIpc) is 3.66. The van der Waals surface area contributed by atoms with Gasteiger partial charge >= 0.3 is 0 Å². The third kappa shape index (κ3) is 5.89. The summed E-state index contributed by atoms with van der Waals surface area (Å²) in [5.41, 5.74) is 0.00511. The Morgan fingerprint density at radius 1 is 1.11 bits per heavy atom. The first-order valence-electron chi connectivity index (χ1n) is 13.0. The molecule has 0 unspecified atom stereocenters. The number of carbonyl (C=O) groups is 1. The van der Waals surface area contributed by atoms with Gasteiger partial charge in [0.1, 0.15) is 17.7 Å². The van der Waals surface area contributed by atoms with Crippen molar-refractivity contribution < 1.29 is 32.5 Å². The maximum Gasteiger partial charge on any atom is 0.252 e. The Labute approximate surface area is 221 Å². The van der Waals surface area contributed by atoms with Crippen LogP contribution in [0.1, 0.15) is 56.2 Å². The second-order valence-corrected chi connectivity index (χ2v) is 10.8. The quantitative estimate of drug-likeness (QED) is 0.517. The van der Waals surface area contributed by atoms with Gasteiger partial charge in [-0.15, -0.1) is 0 Å². The van der Waals surface area contributed by atoms with Gasteiger partial charge in [-0.25, -0.2) is 8.78 Å². The first-order chi connectivity index (χ1) is 18.2.